The molecule has 1 aromatic rings. The van der Waals surface area contributed by atoms with Crippen LogP contribution >= 0.6 is 0 Å². The van der Waals surface area contributed by atoms with E-state index in [9.17, 15) is 13.2 Å². The summed E-state index contributed by atoms with van der Waals surface area (Å²) in [6.45, 7) is 2.46. The Labute approximate surface area is 125 Å². The molecule has 0 amide bonds. The Morgan fingerprint density at radius 1 is 1.38 bits per heavy atom. The van der Waals surface area contributed by atoms with Gasteiger partial charge in [-0.3, -0.25) is 9.78 Å². The SMILES string of the molecule is COC(=O)C1CN(S(=O)(=O)CCc2ccncc2)CC1C. The van der Waals surface area contributed by atoms with Gasteiger partial charge in [0.1, 0.15) is 0 Å². The Hall–Kier alpha value is -1.47. The molecule has 1 saturated heterocycles. The van der Waals surface area contributed by atoms with Gasteiger partial charge < -0.3 is 4.74 Å². The second kappa shape index (κ2) is 6.53. The standard InChI is InChI=1S/C14H20N2O4S/c1-11-9-16(10-13(11)14(17)20-2)21(18,19)8-5-12-3-6-15-7-4-12/h3-4,6-7,11,13H,5,8-10H2,1-2H3. The third kappa shape index (κ3) is 3.79. The fraction of sp³-hybridized carbons (Fsp3) is 0.571. The third-order valence-electron chi connectivity index (χ3n) is 3.87. The van der Waals surface area contributed by atoms with Crippen molar-refractivity contribution in [3.8, 4) is 0 Å². The van der Waals surface area contributed by atoms with Crippen LogP contribution in [0, 0.1) is 11.8 Å². The molecule has 0 N–H and O–H groups in total. The molecule has 21 heavy (non-hydrogen) atoms. The summed E-state index contributed by atoms with van der Waals surface area (Å²) in [4.78, 5) is 15.5. The number of carbonyl (C=O) groups is 1. The summed E-state index contributed by atoms with van der Waals surface area (Å²) >= 11 is 0. The second-order valence-corrected chi connectivity index (χ2v) is 7.43. The minimum atomic E-state index is -3.36. The number of hydrogen-bond acceptors (Lipinski definition) is 5. The lowest BCUT2D eigenvalue weighted by Crippen LogP contribution is -2.32. The van der Waals surface area contributed by atoms with Crippen LogP contribution in [0.1, 0.15) is 12.5 Å². The van der Waals surface area contributed by atoms with E-state index in [1.807, 2.05) is 6.92 Å². The highest BCUT2D eigenvalue weighted by Crippen LogP contribution is 2.26. The zero-order valence-electron chi connectivity index (χ0n) is 12.2. The predicted octanol–water partition coefficient (Wildman–Crippen LogP) is 0.695. The number of ether oxygens (including phenoxy) is 1. The Morgan fingerprint density at radius 2 is 2.05 bits per heavy atom. The topological polar surface area (TPSA) is 76.6 Å². The molecule has 0 saturated carbocycles. The van der Waals surface area contributed by atoms with E-state index in [1.165, 1.54) is 11.4 Å². The first-order chi connectivity index (χ1) is 9.94. The predicted molar refractivity (Wildman–Crippen MR) is 78.0 cm³/mol. The van der Waals surface area contributed by atoms with Gasteiger partial charge in [0.15, 0.2) is 0 Å². The Morgan fingerprint density at radius 3 is 2.67 bits per heavy atom. The van der Waals surface area contributed by atoms with Gasteiger partial charge in [0, 0.05) is 25.5 Å². The van der Waals surface area contributed by atoms with Crippen molar-refractivity contribution >= 4 is 16.0 Å². The first-order valence-electron chi connectivity index (χ1n) is 6.88. The summed E-state index contributed by atoms with van der Waals surface area (Å²) in [5.41, 5.74) is 0.935. The highest BCUT2D eigenvalue weighted by Gasteiger charge is 2.40. The van der Waals surface area contributed by atoms with Gasteiger partial charge in [-0.15, -0.1) is 0 Å². The number of aryl methyl sites for hydroxylation is 1. The zero-order valence-corrected chi connectivity index (χ0v) is 13.0. The molecule has 1 fully saturated rings. The Bertz CT molecular complexity index is 588. The van der Waals surface area contributed by atoms with E-state index < -0.39 is 10.0 Å². The quantitative estimate of drug-likeness (QED) is 0.748. The number of rotatable bonds is 5. The maximum Gasteiger partial charge on any atom is 0.310 e. The molecule has 0 aromatic carbocycles. The summed E-state index contributed by atoms with van der Waals surface area (Å²) in [6.07, 6.45) is 3.74. The van der Waals surface area contributed by atoms with Crippen molar-refractivity contribution in [2.24, 2.45) is 11.8 Å². The van der Waals surface area contributed by atoms with E-state index in [0.29, 0.717) is 13.0 Å². The van der Waals surface area contributed by atoms with Crippen molar-refractivity contribution in [2.75, 3.05) is 26.0 Å². The number of esters is 1. The average Bonchev–Trinajstić information content (AvgIpc) is 2.88. The minimum Gasteiger partial charge on any atom is -0.469 e. The van der Waals surface area contributed by atoms with Gasteiger partial charge in [-0.25, -0.2) is 12.7 Å². The number of aromatic nitrogens is 1. The summed E-state index contributed by atoms with van der Waals surface area (Å²) in [5, 5.41) is 0. The molecule has 2 unspecified atom stereocenters. The molecule has 2 rings (SSSR count). The van der Waals surface area contributed by atoms with Gasteiger partial charge in [0.25, 0.3) is 0 Å². The second-order valence-electron chi connectivity index (χ2n) is 5.35. The third-order valence-corrected chi connectivity index (χ3v) is 5.68. The van der Waals surface area contributed by atoms with Crippen LogP contribution in [-0.4, -0.2) is 49.6 Å². The molecule has 1 aromatic heterocycles. The molecule has 6 nitrogen and oxygen atoms in total. The van der Waals surface area contributed by atoms with Crippen molar-refractivity contribution in [1.82, 2.24) is 9.29 Å². The smallest absolute Gasteiger partial charge is 0.310 e. The molecule has 2 atom stereocenters. The van der Waals surface area contributed by atoms with Gasteiger partial charge in [-0.2, -0.15) is 0 Å². The fourth-order valence-electron chi connectivity index (χ4n) is 2.53. The van der Waals surface area contributed by atoms with Crippen molar-refractivity contribution in [2.45, 2.75) is 13.3 Å². The van der Waals surface area contributed by atoms with E-state index >= 15 is 0 Å². The van der Waals surface area contributed by atoms with Crippen molar-refractivity contribution in [3.63, 3.8) is 0 Å². The molecule has 1 aliphatic rings. The number of pyridine rings is 1. The van der Waals surface area contributed by atoms with E-state index in [4.69, 9.17) is 4.74 Å². The lowest BCUT2D eigenvalue weighted by atomic mass is 9.99. The minimum absolute atomic E-state index is 0.0202. The zero-order chi connectivity index (χ0) is 15.5. The molecule has 0 radical (unpaired) electrons. The number of nitrogens with zero attached hydrogens (tertiary/aromatic N) is 2. The van der Waals surface area contributed by atoms with Crippen LogP contribution in [0.2, 0.25) is 0 Å². The van der Waals surface area contributed by atoms with Crippen LogP contribution in [-0.2, 0) is 26.0 Å². The first kappa shape index (κ1) is 15.9. The lowest BCUT2D eigenvalue weighted by Gasteiger charge is -2.16. The van der Waals surface area contributed by atoms with E-state index in [0.717, 1.165) is 5.56 Å². The molecule has 0 bridgehead atoms. The summed E-state index contributed by atoms with van der Waals surface area (Å²) in [7, 11) is -2.03. The molecule has 0 aliphatic carbocycles. The molecule has 7 heteroatoms. The van der Waals surface area contributed by atoms with E-state index in [2.05, 4.69) is 4.98 Å². The van der Waals surface area contributed by atoms with Crippen molar-refractivity contribution < 1.29 is 17.9 Å². The van der Waals surface area contributed by atoms with Crippen molar-refractivity contribution in [1.29, 1.82) is 0 Å². The summed E-state index contributed by atoms with van der Waals surface area (Å²) in [5.74, 6) is -0.689. The van der Waals surface area contributed by atoms with Crippen LogP contribution in [0.4, 0.5) is 0 Å². The number of methoxy groups -OCH3 is 1. The summed E-state index contributed by atoms with van der Waals surface area (Å²) < 4.78 is 30.9. The number of hydrogen-bond donors (Lipinski definition) is 0. The van der Waals surface area contributed by atoms with Gasteiger partial charge in [0.2, 0.25) is 10.0 Å². The molecule has 2 heterocycles. The monoisotopic (exact) mass is 312 g/mol. The maximum absolute atomic E-state index is 12.4. The Kier molecular flexibility index (Phi) is 4.95. The highest BCUT2D eigenvalue weighted by molar-refractivity contribution is 7.89. The van der Waals surface area contributed by atoms with Crippen LogP contribution < -0.4 is 0 Å². The largest absolute Gasteiger partial charge is 0.469 e. The van der Waals surface area contributed by atoms with Gasteiger partial charge in [-0.05, 0) is 30.0 Å². The number of sulfonamides is 1. The van der Waals surface area contributed by atoms with Crippen LogP contribution in [0.15, 0.2) is 24.5 Å². The first-order valence-corrected chi connectivity index (χ1v) is 8.49. The molecular formula is C14H20N2O4S. The Balaban J connectivity index is 1.99. The normalized spacial score (nSPS) is 23.1. The summed E-state index contributed by atoms with van der Waals surface area (Å²) in [6, 6.07) is 3.61. The number of carbonyl (C=O) groups excluding carboxylic acids is 1. The molecular weight excluding hydrogens is 292 g/mol. The molecule has 116 valence electrons. The van der Waals surface area contributed by atoms with Crippen molar-refractivity contribution in [3.05, 3.63) is 30.1 Å². The van der Waals surface area contributed by atoms with Gasteiger partial charge in [-0.1, -0.05) is 6.92 Å². The van der Waals surface area contributed by atoms with Gasteiger partial charge >= 0.3 is 5.97 Å². The average molecular weight is 312 g/mol. The molecule has 1 aliphatic heterocycles. The molecule has 0 spiro atoms. The van der Waals surface area contributed by atoms with E-state index in [-0.39, 0.29) is 30.1 Å². The lowest BCUT2D eigenvalue weighted by molar-refractivity contribution is -0.145. The van der Waals surface area contributed by atoms with Crippen LogP contribution in [0.25, 0.3) is 0 Å². The van der Waals surface area contributed by atoms with Gasteiger partial charge in [0.05, 0.1) is 18.8 Å². The van der Waals surface area contributed by atoms with Crippen LogP contribution in [0.3, 0.4) is 0 Å². The van der Waals surface area contributed by atoms with E-state index in [1.54, 1.807) is 24.5 Å². The highest BCUT2D eigenvalue weighted by atomic mass is 32.2. The fourth-order valence-corrected chi connectivity index (χ4v) is 4.13. The van der Waals surface area contributed by atoms with Crippen LogP contribution in [0.5, 0.6) is 0 Å². The maximum atomic E-state index is 12.4.